The summed E-state index contributed by atoms with van der Waals surface area (Å²) in [6.45, 7) is 4.33. The maximum absolute atomic E-state index is 13.8. The van der Waals surface area contributed by atoms with E-state index in [0.29, 0.717) is 12.2 Å². The molecule has 0 spiro atoms. The third-order valence-electron chi connectivity index (χ3n) is 7.98. The zero-order valence-corrected chi connectivity index (χ0v) is 19.0. The molecule has 29 heavy (non-hydrogen) atoms. The first-order valence-corrected chi connectivity index (χ1v) is 11.6. The van der Waals surface area contributed by atoms with Crippen molar-refractivity contribution in [2.24, 2.45) is 28.2 Å². The molecule has 4 heteroatoms. The number of benzene rings is 1. The third kappa shape index (κ3) is 3.34. The molecule has 4 saturated carbocycles. The number of fused-ring (bicyclic) bond motifs is 1. The first-order valence-electron chi connectivity index (χ1n) is 11.3. The van der Waals surface area contributed by atoms with Crippen molar-refractivity contribution in [3.63, 3.8) is 0 Å². The van der Waals surface area contributed by atoms with Crippen molar-refractivity contribution in [1.29, 1.82) is 0 Å². The molecule has 3 nitrogen and oxygen atoms in total. The van der Waals surface area contributed by atoms with E-state index < -0.39 is 0 Å². The van der Waals surface area contributed by atoms with E-state index in [-0.39, 0.29) is 11.0 Å². The molecule has 1 aromatic carbocycles. The molecule has 6 rings (SSSR count). The first kappa shape index (κ1) is 19.6. The van der Waals surface area contributed by atoms with E-state index in [4.69, 9.17) is 16.6 Å². The molecule has 4 fully saturated rings. The molecule has 1 aliphatic heterocycles. The lowest BCUT2D eigenvalue weighted by Crippen LogP contribution is -2.50. The summed E-state index contributed by atoms with van der Waals surface area (Å²) in [5.41, 5.74) is 4.10. The van der Waals surface area contributed by atoms with Crippen LogP contribution in [0.3, 0.4) is 0 Å². The predicted molar refractivity (Wildman–Crippen MR) is 120 cm³/mol. The summed E-state index contributed by atoms with van der Waals surface area (Å²) in [5.74, 6) is 2.84. The summed E-state index contributed by atoms with van der Waals surface area (Å²) in [5, 5.41) is 0.776. The zero-order chi connectivity index (χ0) is 20.6. The normalized spacial score (nSPS) is 34.0. The Bertz CT molecular complexity index is 863. The number of Topliss-reactive ketones (excluding diaryl/α,β-unsaturated/α-hetero) is 1. The van der Waals surface area contributed by atoms with Crippen LogP contribution in [0.2, 0.25) is 5.02 Å². The van der Waals surface area contributed by atoms with Gasteiger partial charge in [0, 0.05) is 31.5 Å². The lowest BCUT2D eigenvalue weighted by atomic mass is 9.48. The Hall–Kier alpha value is -1.35. The van der Waals surface area contributed by atoms with E-state index in [1.54, 1.807) is 0 Å². The second-order valence-electron chi connectivity index (χ2n) is 11.2. The number of carbonyl (C=O) groups is 1. The molecule has 0 N–H and O–H groups in total. The first-order chi connectivity index (χ1) is 13.6. The number of anilines is 1. The van der Waals surface area contributed by atoms with Gasteiger partial charge in [-0.1, -0.05) is 11.6 Å². The van der Waals surface area contributed by atoms with Gasteiger partial charge < -0.3 is 4.90 Å². The van der Waals surface area contributed by atoms with Gasteiger partial charge >= 0.3 is 0 Å². The highest BCUT2D eigenvalue weighted by atomic mass is 35.5. The maximum Gasteiger partial charge on any atom is 0.145 e. The van der Waals surface area contributed by atoms with E-state index in [0.717, 1.165) is 65.4 Å². The Morgan fingerprint density at radius 1 is 1.10 bits per heavy atom. The Balaban J connectivity index is 1.49. The number of hydrogen-bond donors (Lipinski definition) is 0. The summed E-state index contributed by atoms with van der Waals surface area (Å²) < 4.78 is 0. The second kappa shape index (κ2) is 6.57. The van der Waals surface area contributed by atoms with Gasteiger partial charge in [-0.2, -0.15) is 0 Å². The number of halogens is 1. The summed E-state index contributed by atoms with van der Waals surface area (Å²) in [7, 11) is 4.02. The Morgan fingerprint density at radius 2 is 1.69 bits per heavy atom. The van der Waals surface area contributed by atoms with Crippen molar-refractivity contribution in [3.8, 4) is 0 Å². The minimum absolute atomic E-state index is 0.0597. The molecule has 0 saturated heterocycles. The molecule has 0 atom stereocenters. The van der Waals surface area contributed by atoms with Crippen molar-refractivity contribution in [2.75, 3.05) is 19.0 Å². The molecule has 0 radical (unpaired) electrons. The van der Waals surface area contributed by atoms with Crippen LogP contribution >= 0.6 is 11.6 Å². The topological polar surface area (TPSA) is 32.7 Å². The van der Waals surface area contributed by atoms with Gasteiger partial charge in [-0.3, -0.25) is 9.79 Å². The van der Waals surface area contributed by atoms with Crippen molar-refractivity contribution < 1.29 is 4.79 Å². The molecule has 1 heterocycles. The van der Waals surface area contributed by atoms with Gasteiger partial charge in [0.25, 0.3) is 0 Å². The van der Waals surface area contributed by atoms with Crippen molar-refractivity contribution in [1.82, 2.24) is 0 Å². The monoisotopic (exact) mass is 412 g/mol. The standard InChI is InChI=1S/C25H33ClN2O/c1-24(2)14-18-8-20(26)22(28(3)4)9-19(18)21(27-24)10-23(29)25-11-15-5-16(12-25)7-17(6-15)13-25/h8-9,15-17H,5-7,10-14H2,1-4H3. The molecule has 0 unspecified atom stereocenters. The summed E-state index contributed by atoms with van der Waals surface area (Å²) in [6.07, 6.45) is 8.85. The number of nitrogens with zero attached hydrogens (tertiary/aromatic N) is 2. The highest BCUT2D eigenvalue weighted by Gasteiger charge is 2.54. The minimum Gasteiger partial charge on any atom is -0.376 e. The predicted octanol–water partition coefficient (Wildman–Crippen LogP) is 5.71. The van der Waals surface area contributed by atoms with Gasteiger partial charge in [0.2, 0.25) is 0 Å². The Kier molecular flexibility index (Phi) is 4.44. The van der Waals surface area contributed by atoms with Gasteiger partial charge in [-0.25, -0.2) is 0 Å². The van der Waals surface area contributed by atoms with Crippen LogP contribution in [-0.4, -0.2) is 31.1 Å². The van der Waals surface area contributed by atoms with Gasteiger partial charge in [0.1, 0.15) is 5.78 Å². The van der Waals surface area contributed by atoms with Crippen LogP contribution in [0, 0.1) is 23.2 Å². The number of rotatable bonds is 4. The molecular weight excluding hydrogens is 380 g/mol. The lowest BCUT2D eigenvalue weighted by molar-refractivity contribution is -0.142. The van der Waals surface area contributed by atoms with E-state index in [1.807, 2.05) is 19.0 Å². The molecule has 4 aliphatic carbocycles. The average Bonchev–Trinajstić information content (AvgIpc) is 2.58. The maximum atomic E-state index is 13.8. The fraction of sp³-hybridized carbons (Fsp3) is 0.680. The minimum atomic E-state index is -0.187. The van der Waals surface area contributed by atoms with Crippen molar-refractivity contribution >= 4 is 28.8 Å². The smallest absolute Gasteiger partial charge is 0.145 e. The van der Waals surface area contributed by atoms with Crippen LogP contribution < -0.4 is 4.90 Å². The summed E-state index contributed by atoms with van der Waals surface area (Å²) in [4.78, 5) is 20.9. The third-order valence-corrected chi connectivity index (χ3v) is 8.29. The highest BCUT2D eigenvalue weighted by molar-refractivity contribution is 6.33. The van der Waals surface area contributed by atoms with Crippen LogP contribution in [-0.2, 0) is 11.2 Å². The van der Waals surface area contributed by atoms with E-state index in [2.05, 4.69) is 26.0 Å². The van der Waals surface area contributed by atoms with Gasteiger partial charge in [-0.05, 0) is 94.2 Å². The quantitative estimate of drug-likeness (QED) is 0.634. The SMILES string of the molecule is CN(C)c1cc2c(cc1Cl)CC(C)(C)N=C2CC(=O)C12CC3CC(CC(C3)C1)C2. The Labute approximate surface area is 179 Å². The van der Waals surface area contributed by atoms with Crippen LogP contribution in [0.15, 0.2) is 17.1 Å². The molecule has 156 valence electrons. The van der Waals surface area contributed by atoms with Crippen LogP contribution in [0.25, 0.3) is 0 Å². The Morgan fingerprint density at radius 3 is 2.24 bits per heavy atom. The highest BCUT2D eigenvalue weighted by Crippen LogP contribution is 2.60. The van der Waals surface area contributed by atoms with Gasteiger partial charge in [0.05, 0.1) is 22.0 Å². The molecule has 0 amide bonds. The molecular formula is C25H33ClN2O. The molecule has 4 bridgehead atoms. The number of hydrogen-bond acceptors (Lipinski definition) is 3. The number of ketones is 1. The largest absolute Gasteiger partial charge is 0.376 e. The molecule has 1 aromatic rings. The summed E-state index contributed by atoms with van der Waals surface area (Å²) >= 11 is 6.57. The number of aliphatic imine (C=N–C) groups is 1. The van der Waals surface area contributed by atoms with E-state index in [9.17, 15) is 4.79 Å². The van der Waals surface area contributed by atoms with Gasteiger partial charge in [0.15, 0.2) is 0 Å². The average molecular weight is 413 g/mol. The second-order valence-corrected chi connectivity index (χ2v) is 11.6. The van der Waals surface area contributed by atoms with Crippen LogP contribution in [0.5, 0.6) is 0 Å². The number of carbonyl (C=O) groups excluding carboxylic acids is 1. The van der Waals surface area contributed by atoms with Gasteiger partial charge in [-0.15, -0.1) is 0 Å². The lowest BCUT2D eigenvalue weighted by Gasteiger charge is -2.56. The van der Waals surface area contributed by atoms with Crippen molar-refractivity contribution in [2.45, 2.75) is 70.8 Å². The summed E-state index contributed by atoms with van der Waals surface area (Å²) in [6, 6.07) is 4.25. The molecule has 5 aliphatic rings. The zero-order valence-electron chi connectivity index (χ0n) is 18.2. The fourth-order valence-electron chi connectivity index (χ4n) is 7.22. The fourth-order valence-corrected chi connectivity index (χ4v) is 7.57. The van der Waals surface area contributed by atoms with E-state index >= 15 is 0 Å². The van der Waals surface area contributed by atoms with Crippen molar-refractivity contribution in [3.05, 3.63) is 28.3 Å². The van der Waals surface area contributed by atoms with Crippen LogP contribution in [0.1, 0.15) is 69.9 Å². The van der Waals surface area contributed by atoms with Crippen LogP contribution in [0.4, 0.5) is 5.69 Å². The molecule has 0 aromatic heterocycles. The van der Waals surface area contributed by atoms with E-state index in [1.165, 1.54) is 24.8 Å².